The van der Waals surface area contributed by atoms with Crippen molar-refractivity contribution in [2.45, 2.75) is 26.4 Å². The summed E-state index contributed by atoms with van der Waals surface area (Å²) in [7, 11) is 0. The van der Waals surface area contributed by atoms with Gasteiger partial charge in [-0.15, -0.1) is 0 Å². The molecule has 0 aromatic heterocycles. The minimum Gasteiger partial charge on any atom is -0.489 e. The fourth-order valence-corrected chi connectivity index (χ4v) is 3.29. The molecule has 5 nitrogen and oxygen atoms in total. The van der Waals surface area contributed by atoms with E-state index in [1.165, 1.54) is 6.08 Å². The summed E-state index contributed by atoms with van der Waals surface area (Å²) in [5.41, 5.74) is 3.45. The Bertz CT molecular complexity index is 1120. The van der Waals surface area contributed by atoms with Crippen LogP contribution < -0.4 is 10.1 Å². The molecule has 0 radical (unpaired) electrons. The Balaban J connectivity index is 1.45. The Kier molecular flexibility index (Phi) is 8.67. The molecule has 0 atom stereocenters. The lowest BCUT2D eigenvalue weighted by Crippen LogP contribution is -2.21. The molecule has 1 N–H and O–H groups in total. The number of carbonyl (C=O) groups excluding carboxylic acids is 2. The number of amides is 1. The van der Waals surface area contributed by atoms with Gasteiger partial charge in [0.2, 0.25) is 0 Å². The second kappa shape index (κ2) is 11.9. The molecule has 3 aromatic rings. The quantitative estimate of drug-likeness (QED) is 0.301. The number of hydrogen-bond donors (Lipinski definition) is 1. The zero-order valence-corrected chi connectivity index (χ0v) is 19.3. The highest BCUT2D eigenvalue weighted by Crippen LogP contribution is 2.23. The maximum Gasteiger partial charge on any atom is 0.331 e. The number of esters is 1. The molecule has 170 valence electrons. The van der Waals surface area contributed by atoms with Gasteiger partial charge in [-0.2, -0.15) is 0 Å². The third-order valence-electron chi connectivity index (χ3n) is 4.85. The minimum atomic E-state index is -0.596. The van der Waals surface area contributed by atoms with Crippen molar-refractivity contribution in [2.75, 3.05) is 11.9 Å². The maximum atomic E-state index is 12.2. The van der Waals surface area contributed by atoms with Crippen molar-refractivity contribution in [2.24, 2.45) is 0 Å². The second-order valence-corrected chi connectivity index (χ2v) is 8.09. The predicted octanol–water partition coefficient (Wildman–Crippen LogP) is 6.24. The van der Waals surface area contributed by atoms with E-state index < -0.39 is 5.97 Å². The highest BCUT2D eigenvalue weighted by molar-refractivity contribution is 6.31. The number of anilines is 1. The molecule has 0 bridgehead atoms. The minimum absolute atomic E-state index is 0.264. The molecule has 0 saturated carbocycles. The van der Waals surface area contributed by atoms with Crippen LogP contribution in [0.5, 0.6) is 5.75 Å². The molecule has 0 aliphatic rings. The molecule has 0 aliphatic heterocycles. The molecule has 3 rings (SSSR count). The second-order valence-electron chi connectivity index (χ2n) is 7.68. The van der Waals surface area contributed by atoms with Crippen molar-refractivity contribution in [3.63, 3.8) is 0 Å². The largest absolute Gasteiger partial charge is 0.489 e. The number of rotatable bonds is 9. The van der Waals surface area contributed by atoms with Gasteiger partial charge in [0, 0.05) is 22.3 Å². The van der Waals surface area contributed by atoms with E-state index in [1.807, 2.05) is 86.6 Å². The molecule has 6 heteroatoms. The van der Waals surface area contributed by atoms with Crippen LogP contribution in [-0.4, -0.2) is 18.5 Å². The average molecular weight is 464 g/mol. The number of hydrogen-bond acceptors (Lipinski definition) is 4. The number of halogens is 1. The van der Waals surface area contributed by atoms with E-state index in [0.29, 0.717) is 17.4 Å². The summed E-state index contributed by atoms with van der Waals surface area (Å²) in [6, 6.07) is 22.3. The van der Waals surface area contributed by atoms with E-state index >= 15 is 0 Å². The van der Waals surface area contributed by atoms with E-state index in [4.69, 9.17) is 21.1 Å². The van der Waals surface area contributed by atoms with Crippen molar-refractivity contribution in [1.29, 1.82) is 0 Å². The smallest absolute Gasteiger partial charge is 0.331 e. The first-order valence-electron chi connectivity index (χ1n) is 10.6. The van der Waals surface area contributed by atoms with Gasteiger partial charge in [0.25, 0.3) is 5.91 Å². The summed E-state index contributed by atoms with van der Waals surface area (Å²) in [5, 5.41) is 3.45. The molecule has 0 unspecified atom stereocenters. The molecule has 0 saturated heterocycles. The lowest BCUT2D eigenvalue weighted by molar-refractivity contribution is -0.142. The Morgan fingerprint density at radius 2 is 1.67 bits per heavy atom. The molecule has 3 aromatic carbocycles. The Labute approximate surface area is 199 Å². The van der Waals surface area contributed by atoms with Crippen LogP contribution in [-0.2, 0) is 20.9 Å². The third kappa shape index (κ3) is 7.51. The lowest BCUT2D eigenvalue weighted by Gasteiger charge is -2.13. The summed E-state index contributed by atoms with van der Waals surface area (Å²) < 4.78 is 10.8. The van der Waals surface area contributed by atoms with Crippen molar-refractivity contribution in [3.05, 3.63) is 101 Å². The van der Waals surface area contributed by atoms with Crippen LogP contribution in [0, 0.1) is 0 Å². The first-order chi connectivity index (χ1) is 15.9. The Morgan fingerprint density at radius 3 is 2.39 bits per heavy atom. The number of benzene rings is 3. The van der Waals surface area contributed by atoms with Crippen LogP contribution in [0.3, 0.4) is 0 Å². The fourth-order valence-electron chi connectivity index (χ4n) is 3.10. The topological polar surface area (TPSA) is 64.6 Å². The zero-order chi connectivity index (χ0) is 23.6. The summed E-state index contributed by atoms with van der Waals surface area (Å²) in [5.74, 6) is -0.0286. The van der Waals surface area contributed by atoms with Crippen LogP contribution in [0.25, 0.3) is 6.08 Å². The highest BCUT2D eigenvalue weighted by Gasteiger charge is 2.10. The first kappa shape index (κ1) is 24.1. The van der Waals surface area contributed by atoms with E-state index in [9.17, 15) is 9.59 Å². The SMILES string of the molecule is CC(C)c1ccccc1NC(=O)COC(=O)/C=C/c1ccc(OCc2ccccc2Cl)cc1. The van der Waals surface area contributed by atoms with Gasteiger partial charge in [0.05, 0.1) is 0 Å². The summed E-state index contributed by atoms with van der Waals surface area (Å²) in [6.45, 7) is 4.11. The Hall–Kier alpha value is -3.57. The van der Waals surface area contributed by atoms with Crippen molar-refractivity contribution in [3.8, 4) is 5.75 Å². The van der Waals surface area contributed by atoms with Gasteiger partial charge in [-0.25, -0.2) is 4.79 Å². The van der Waals surface area contributed by atoms with Crippen molar-refractivity contribution in [1.82, 2.24) is 0 Å². The van der Waals surface area contributed by atoms with Gasteiger partial charge in [0.15, 0.2) is 6.61 Å². The maximum absolute atomic E-state index is 12.2. The first-order valence-corrected chi connectivity index (χ1v) is 11.0. The molecule has 0 spiro atoms. The van der Waals surface area contributed by atoms with Crippen molar-refractivity contribution >= 4 is 35.2 Å². The third-order valence-corrected chi connectivity index (χ3v) is 5.22. The standard InChI is InChI=1S/C27H26ClNO4/c1-19(2)23-8-4-6-10-25(23)29-26(30)18-33-27(31)16-13-20-11-14-22(15-12-20)32-17-21-7-3-5-9-24(21)28/h3-16,19H,17-18H2,1-2H3,(H,29,30)/b16-13+. The molecule has 1 amide bonds. The van der Waals surface area contributed by atoms with Crippen LogP contribution in [0.4, 0.5) is 5.69 Å². The van der Waals surface area contributed by atoms with Crippen molar-refractivity contribution < 1.29 is 19.1 Å². The Morgan fingerprint density at radius 1 is 0.970 bits per heavy atom. The van der Waals surface area contributed by atoms with E-state index in [2.05, 4.69) is 5.32 Å². The molecule has 33 heavy (non-hydrogen) atoms. The number of ether oxygens (including phenoxy) is 2. The van der Waals surface area contributed by atoms with Gasteiger partial charge < -0.3 is 14.8 Å². The van der Waals surface area contributed by atoms with Crippen LogP contribution in [0.2, 0.25) is 5.02 Å². The average Bonchev–Trinajstić information content (AvgIpc) is 2.82. The number of carbonyl (C=O) groups is 2. The summed E-state index contributed by atoms with van der Waals surface area (Å²) >= 11 is 6.13. The van der Waals surface area contributed by atoms with Gasteiger partial charge in [0.1, 0.15) is 12.4 Å². The molecule has 0 aliphatic carbocycles. The normalized spacial score (nSPS) is 10.9. The monoisotopic (exact) mass is 463 g/mol. The lowest BCUT2D eigenvalue weighted by atomic mass is 10.0. The number of para-hydroxylation sites is 1. The number of nitrogens with one attached hydrogen (secondary N) is 1. The van der Waals surface area contributed by atoms with E-state index in [0.717, 1.165) is 22.4 Å². The summed E-state index contributed by atoms with van der Waals surface area (Å²) in [4.78, 5) is 24.1. The van der Waals surface area contributed by atoms with Gasteiger partial charge >= 0.3 is 5.97 Å². The zero-order valence-electron chi connectivity index (χ0n) is 18.6. The van der Waals surface area contributed by atoms with Gasteiger partial charge in [-0.1, -0.05) is 74.0 Å². The van der Waals surface area contributed by atoms with Gasteiger partial charge in [-0.3, -0.25) is 4.79 Å². The van der Waals surface area contributed by atoms with E-state index in [-0.39, 0.29) is 18.4 Å². The molecule has 0 fully saturated rings. The fraction of sp³-hybridized carbons (Fsp3) is 0.185. The van der Waals surface area contributed by atoms with Crippen LogP contribution in [0.15, 0.2) is 78.9 Å². The van der Waals surface area contributed by atoms with Crippen LogP contribution >= 0.6 is 11.6 Å². The van der Waals surface area contributed by atoms with Crippen LogP contribution in [0.1, 0.15) is 36.5 Å². The predicted molar refractivity (Wildman–Crippen MR) is 131 cm³/mol. The van der Waals surface area contributed by atoms with Gasteiger partial charge in [-0.05, 0) is 47.4 Å². The van der Waals surface area contributed by atoms with E-state index in [1.54, 1.807) is 6.08 Å². The molecular formula is C27H26ClNO4. The summed E-state index contributed by atoms with van der Waals surface area (Å²) in [6.07, 6.45) is 2.90. The highest BCUT2D eigenvalue weighted by atomic mass is 35.5. The molecular weight excluding hydrogens is 438 g/mol. The molecule has 0 heterocycles.